The Kier molecular flexibility index (Phi) is 4.79. The number of benzene rings is 2. The average Bonchev–Trinajstić information content (AvgIpc) is 2.57. The smallest absolute Gasteiger partial charge is 0.0366 e. The molecule has 0 atom stereocenters. The molecule has 2 nitrogen and oxygen atoms in total. The summed E-state index contributed by atoms with van der Waals surface area (Å²) in [6, 6.07) is 20.4. The molecule has 0 N–H and O–H groups in total. The van der Waals surface area contributed by atoms with Crippen LogP contribution in [0.1, 0.15) is 24.0 Å². The van der Waals surface area contributed by atoms with Gasteiger partial charge in [0, 0.05) is 31.4 Å². The first-order valence-corrected chi connectivity index (χ1v) is 8.28. The van der Waals surface area contributed by atoms with Crippen LogP contribution in [0.2, 0.25) is 0 Å². The van der Waals surface area contributed by atoms with Crippen molar-refractivity contribution in [1.29, 1.82) is 0 Å². The summed E-state index contributed by atoms with van der Waals surface area (Å²) in [5, 5.41) is 0. The first-order chi connectivity index (χ1) is 10.7. The summed E-state index contributed by atoms with van der Waals surface area (Å²) in [4.78, 5) is 5.04. The first kappa shape index (κ1) is 15.1. The maximum absolute atomic E-state index is 2.52. The molecular formula is C20H26N2. The fraction of sp³-hybridized carbons (Fsp3) is 0.400. The van der Waals surface area contributed by atoms with E-state index in [1.54, 1.807) is 0 Å². The summed E-state index contributed by atoms with van der Waals surface area (Å²) < 4.78 is 0. The minimum absolute atomic E-state index is 0.696. The molecule has 116 valence electrons. The Morgan fingerprint density at radius 2 is 1.59 bits per heavy atom. The molecule has 1 aliphatic heterocycles. The monoisotopic (exact) mass is 294 g/mol. The molecule has 2 aromatic rings. The highest BCUT2D eigenvalue weighted by Gasteiger charge is 2.22. The predicted molar refractivity (Wildman–Crippen MR) is 94.3 cm³/mol. The summed E-state index contributed by atoms with van der Waals surface area (Å²) in [7, 11) is 2.26. The number of piperidine rings is 1. The van der Waals surface area contributed by atoms with Crippen molar-refractivity contribution < 1.29 is 0 Å². The van der Waals surface area contributed by atoms with Gasteiger partial charge in [-0.05, 0) is 44.5 Å². The molecule has 1 heterocycles. The molecular weight excluding hydrogens is 268 g/mol. The van der Waals surface area contributed by atoms with Gasteiger partial charge in [0.15, 0.2) is 0 Å². The van der Waals surface area contributed by atoms with Crippen LogP contribution in [0.25, 0.3) is 0 Å². The van der Waals surface area contributed by atoms with Gasteiger partial charge >= 0.3 is 0 Å². The van der Waals surface area contributed by atoms with Crippen molar-refractivity contribution >= 4 is 5.69 Å². The summed E-state index contributed by atoms with van der Waals surface area (Å²) in [5.74, 6) is 0. The van der Waals surface area contributed by atoms with Gasteiger partial charge in [-0.15, -0.1) is 0 Å². The van der Waals surface area contributed by atoms with Crippen LogP contribution < -0.4 is 4.90 Å². The summed E-state index contributed by atoms with van der Waals surface area (Å²) in [6.45, 7) is 5.52. The molecule has 1 fully saturated rings. The molecule has 3 rings (SSSR count). The van der Waals surface area contributed by atoms with Crippen molar-refractivity contribution in [3.8, 4) is 0 Å². The normalized spacial score (nSPS) is 16.2. The molecule has 0 bridgehead atoms. The zero-order valence-corrected chi connectivity index (χ0v) is 13.7. The van der Waals surface area contributed by atoms with E-state index in [4.69, 9.17) is 0 Å². The lowest BCUT2D eigenvalue weighted by atomic mass is 10.0. The number of nitrogens with zero attached hydrogens (tertiary/aromatic N) is 2. The molecule has 2 heteroatoms. The van der Waals surface area contributed by atoms with Gasteiger partial charge in [0.1, 0.15) is 0 Å². The van der Waals surface area contributed by atoms with Gasteiger partial charge in [-0.3, -0.25) is 4.90 Å². The van der Waals surface area contributed by atoms with Crippen LogP contribution in [-0.4, -0.2) is 31.1 Å². The fourth-order valence-corrected chi connectivity index (χ4v) is 3.32. The van der Waals surface area contributed by atoms with Crippen LogP contribution in [0.3, 0.4) is 0 Å². The third-order valence-corrected chi connectivity index (χ3v) is 4.76. The lowest BCUT2D eigenvalue weighted by molar-refractivity contribution is 0.200. The maximum Gasteiger partial charge on any atom is 0.0366 e. The number of rotatable bonds is 4. The second-order valence-corrected chi connectivity index (χ2v) is 6.45. The van der Waals surface area contributed by atoms with Gasteiger partial charge in [-0.25, -0.2) is 0 Å². The third kappa shape index (κ3) is 3.69. The Hall–Kier alpha value is -1.80. The lowest BCUT2D eigenvalue weighted by Crippen LogP contribution is -2.43. The second kappa shape index (κ2) is 6.97. The van der Waals surface area contributed by atoms with E-state index in [0.717, 1.165) is 19.6 Å². The molecule has 0 amide bonds. The average molecular weight is 294 g/mol. The highest BCUT2D eigenvalue weighted by molar-refractivity contribution is 5.47. The van der Waals surface area contributed by atoms with Crippen molar-refractivity contribution in [2.24, 2.45) is 0 Å². The molecule has 2 aromatic carbocycles. The van der Waals surface area contributed by atoms with Gasteiger partial charge in [0.2, 0.25) is 0 Å². The minimum Gasteiger partial charge on any atom is -0.371 e. The topological polar surface area (TPSA) is 6.48 Å². The number of anilines is 1. The van der Waals surface area contributed by atoms with Gasteiger partial charge in [-0.1, -0.05) is 48.0 Å². The Morgan fingerprint density at radius 1 is 0.955 bits per heavy atom. The van der Waals surface area contributed by atoms with Crippen LogP contribution in [0.4, 0.5) is 5.69 Å². The van der Waals surface area contributed by atoms with Crippen LogP contribution in [0.15, 0.2) is 54.6 Å². The van der Waals surface area contributed by atoms with E-state index in [1.165, 1.54) is 29.7 Å². The summed E-state index contributed by atoms with van der Waals surface area (Å²) in [6.07, 6.45) is 2.49. The van der Waals surface area contributed by atoms with E-state index in [-0.39, 0.29) is 0 Å². The SMILES string of the molecule is Cc1ccc(N2CCC(N(C)Cc3ccccc3)CC2)cc1. The first-order valence-electron chi connectivity index (χ1n) is 8.28. The molecule has 0 radical (unpaired) electrons. The largest absolute Gasteiger partial charge is 0.371 e. The molecule has 22 heavy (non-hydrogen) atoms. The Balaban J connectivity index is 1.54. The van der Waals surface area contributed by atoms with E-state index >= 15 is 0 Å². The number of hydrogen-bond donors (Lipinski definition) is 0. The zero-order valence-electron chi connectivity index (χ0n) is 13.7. The highest BCUT2D eigenvalue weighted by atomic mass is 15.2. The van der Waals surface area contributed by atoms with Crippen molar-refractivity contribution in [3.63, 3.8) is 0 Å². The molecule has 0 unspecified atom stereocenters. The summed E-state index contributed by atoms with van der Waals surface area (Å²) in [5.41, 5.74) is 4.11. The fourth-order valence-electron chi connectivity index (χ4n) is 3.32. The Bertz CT molecular complexity index is 568. The van der Waals surface area contributed by atoms with Crippen molar-refractivity contribution in [2.45, 2.75) is 32.4 Å². The van der Waals surface area contributed by atoms with Gasteiger partial charge in [-0.2, -0.15) is 0 Å². The predicted octanol–water partition coefficient (Wildman–Crippen LogP) is 4.10. The number of hydrogen-bond acceptors (Lipinski definition) is 2. The van der Waals surface area contributed by atoms with Crippen LogP contribution in [-0.2, 0) is 6.54 Å². The molecule has 1 saturated heterocycles. The molecule has 0 aliphatic carbocycles. The number of aryl methyl sites for hydroxylation is 1. The third-order valence-electron chi connectivity index (χ3n) is 4.76. The van der Waals surface area contributed by atoms with Crippen molar-refractivity contribution in [2.75, 3.05) is 25.0 Å². The van der Waals surface area contributed by atoms with Gasteiger partial charge in [0.25, 0.3) is 0 Å². The Morgan fingerprint density at radius 3 is 2.23 bits per heavy atom. The quantitative estimate of drug-likeness (QED) is 0.838. The second-order valence-electron chi connectivity index (χ2n) is 6.45. The van der Waals surface area contributed by atoms with Crippen LogP contribution in [0, 0.1) is 6.92 Å². The van der Waals surface area contributed by atoms with E-state index in [0.29, 0.717) is 6.04 Å². The summed E-state index contributed by atoms with van der Waals surface area (Å²) >= 11 is 0. The van der Waals surface area contributed by atoms with Crippen molar-refractivity contribution in [3.05, 3.63) is 65.7 Å². The van der Waals surface area contributed by atoms with Crippen LogP contribution >= 0.6 is 0 Å². The molecule has 0 aromatic heterocycles. The zero-order chi connectivity index (χ0) is 15.4. The highest BCUT2D eigenvalue weighted by Crippen LogP contribution is 2.23. The van der Waals surface area contributed by atoms with Gasteiger partial charge < -0.3 is 4.90 Å². The van der Waals surface area contributed by atoms with E-state index in [2.05, 4.69) is 78.4 Å². The Labute approximate surface area is 134 Å². The molecule has 0 saturated carbocycles. The van der Waals surface area contributed by atoms with E-state index in [9.17, 15) is 0 Å². The standard InChI is InChI=1S/C20H26N2/c1-17-8-10-20(11-9-17)22-14-12-19(13-15-22)21(2)16-18-6-4-3-5-7-18/h3-11,19H,12-16H2,1-2H3. The lowest BCUT2D eigenvalue weighted by Gasteiger charge is -2.38. The van der Waals surface area contributed by atoms with E-state index < -0.39 is 0 Å². The minimum atomic E-state index is 0.696. The van der Waals surface area contributed by atoms with Crippen molar-refractivity contribution in [1.82, 2.24) is 4.90 Å². The molecule has 1 aliphatic rings. The van der Waals surface area contributed by atoms with Gasteiger partial charge in [0.05, 0.1) is 0 Å². The molecule has 0 spiro atoms. The van der Waals surface area contributed by atoms with E-state index in [1.807, 2.05) is 0 Å². The maximum atomic E-state index is 2.52. The van der Waals surface area contributed by atoms with Crippen LogP contribution in [0.5, 0.6) is 0 Å².